The molecule has 0 unspecified atom stereocenters. The Labute approximate surface area is 125 Å². The second-order valence-electron chi connectivity index (χ2n) is 5.36. The summed E-state index contributed by atoms with van der Waals surface area (Å²) in [6.07, 6.45) is 4.19. The minimum Gasteiger partial charge on any atom is -0.459 e. The summed E-state index contributed by atoms with van der Waals surface area (Å²) in [6, 6.07) is 6.53. The van der Waals surface area contributed by atoms with Gasteiger partial charge in [-0.15, -0.1) is 0 Å². The van der Waals surface area contributed by atoms with Crippen molar-refractivity contribution in [3.63, 3.8) is 0 Å². The van der Waals surface area contributed by atoms with Gasteiger partial charge in [0.15, 0.2) is 9.84 Å². The van der Waals surface area contributed by atoms with Gasteiger partial charge in [0.1, 0.15) is 6.61 Å². The highest BCUT2D eigenvalue weighted by atomic mass is 32.2. The van der Waals surface area contributed by atoms with Crippen LogP contribution in [0.25, 0.3) is 0 Å². The zero-order chi connectivity index (χ0) is 15.3. The molecule has 0 aromatic heterocycles. The first-order valence-corrected chi connectivity index (χ1v) is 9.05. The Kier molecular flexibility index (Phi) is 5.36. The van der Waals surface area contributed by atoms with E-state index in [1.165, 1.54) is 6.26 Å². The molecule has 0 spiro atoms. The molecule has 0 radical (unpaired) electrons. The molecule has 21 heavy (non-hydrogen) atoms. The molecule has 1 heterocycles. The van der Waals surface area contributed by atoms with Crippen LogP contribution in [0, 0.1) is 0 Å². The van der Waals surface area contributed by atoms with Gasteiger partial charge in [-0.25, -0.2) is 13.2 Å². The minimum atomic E-state index is -3.12. The van der Waals surface area contributed by atoms with Gasteiger partial charge >= 0.3 is 5.97 Å². The van der Waals surface area contributed by atoms with E-state index in [0.29, 0.717) is 17.7 Å². The Bertz CT molecular complexity index is 588. The number of esters is 1. The molecule has 1 fully saturated rings. The first-order chi connectivity index (χ1) is 9.94. The van der Waals surface area contributed by atoms with Crippen molar-refractivity contribution in [2.75, 3.05) is 19.5 Å². The molecule has 0 amide bonds. The molecule has 0 bridgehead atoms. The number of sulfone groups is 1. The predicted octanol–water partition coefficient (Wildman–Crippen LogP) is 1.96. The average molecular weight is 312 g/mol. The molecule has 5 nitrogen and oxygen atoms in total. The predicted molar refractivity (Wildman–Crippen MR) is 78.9 cm³/mol. The van der Waals surface area contributed by atoms with Crippen molar-refractivity contribution in [3.8, 4) is 0 Å². The average Bonchev–Trinajstić information content (AvgIpc) is 2.44. The van der Waals surface area contributed by atoms with Gasteiger partial charge in [-0.2, -0.15) is 0 Å². The Balaban J connectivity index is 1.94. The maximum atomic E-state index is 12.0. The second kappa shape index (κ2) is 7.04. The van der Waals surface area contributed by atoms with E-state index in [4.69, 9.17) is 9.47 Å². The molecule has 1 aliphatic rings. The van der Waals surface area contributed by atoms with Gasteiger partial charge in [0.05, 0.1) is 17.4 Å². The molecule has 1 atom stereocenters. The van der Waals surface area contributed by atoms with Crippen LogP contribution in [0.4, 0.5) is 0 Å². The van der Waals surface area contributed by atoms with Gasteiger partial charge in [0.2, 0.25) is 0 Å². The fourth-order valence-electron chi connectivity index (χ4n) is 2.28. The van der Waals surface area contributed by atoms with Crippen molar-refractivity contribution in [1.82, 2.24) is 0 Å². The molecule has 1 saturated heterocycles. The largest absolute Gasteiger partial charge is 0.459 e. The summed E-state index contributed by atoms with van der Waals surface area (Å²) in [6.45, 7) is 0.960. The summed E-state index contributed by atoms with van der Waals surface area (Å²) < 4.78 is 33.3. The van der Waals surface area contributed by atoms with Gasteiger partial charge in [-0.05, 0) is 37.0 Å². The van der Waals surface area contributed by atoms with Crippen LogP contribution in [-0.2, 0) is 25.1 Å². The van der Waals surface area contributed by atoms with Crippen LogP contribution in [0.1, 0.15) is 35.2 Å². The zero-order valence-corrected chi connectivity index (χ0v) is 12.9. The zero-order valence-electron chi connectivity index (χ0n) is 12.1. The van der Waals surface area contributed by atoms with Gasteiger partial charge in [0, 0.05) is 12.9 Å². The first-order valence-electron chi connectivity index (χ1n) is 6.99. The highest BCUT2D eigenvalue weighted by molar-refractivity contribution is 7.89. The quantitative estimate of drug-likeness (QED) is 0.777. The van der Waals surface area contributed by atoms with E-state index in [9.17, 15) is 13.2 Å². The summed E-state index contributed by atoms with van der Waals surface area (Å²) in [7, 11) is -3.12. The monoisotopic (exact) mass is 312 g/mol. The molecular weight excluding hydrogens is 292 g/mol. The van der Waals surface area contributed by atoms with E-state index in [2.05, 4.69) is 0 Å². The maximum absolute atomic E-state index is 12.0. The summed E-state index contributed by atoms with van der Waals surface area (Å²) in [5.74, 6) is -0.528. The summed E-state index contributed by atoms with van der Waals surface area (Å²) in [5, 5.41) is 0. The molecule has 0 aliphatic carbocycles. The fourth-order valence-corrected chi connectivity index (χ4v) is 3.07. The van der Waals surface area contributed by atoms with Crippen LogP contribution >= 0.6 is 0 Å². The standard InChI is InChI=1S/C15H20O5S/c1-21(17,18)11-12-5-4-6-13(9-12)15(16)20-10-14-7-2-3-8-19-14/h4-6,9,14H,2-3,7-8,10-11H2,1H3/t14-/m0/s1. The maximum Gasteiger partial charge on any atom is 0.338 e. The number of carbonyl (C=O) groups is 1. The third-order valence-corrected chi connectivity index (χ3v) is 4.12. The molecule has 0 N–H and O–H groups in total. The van der Waals surface area contributed by atoms with E-state index in [0.717, 1.165) is 19.3 Å². The Hall–Kier alpha value is -1.40. The van der Waals surface area contributed by atoms with Crippen molar-refractivity contribution < 1.29 is 22.7 Å². The number of hydrogen-bond donors (Lipinski definition) is 0. The molecule has 0 saturated carbocycles. The number of rotatable bonds is 5. The van der Waals surface area contributed by atoms with E-state index >= 15 is 0 Å². The third kappa shape index (κ3) is 5.47. The number of benzene rings is 1. The Morgan fingerprint density at radius 3 is 2.86 bits per heavy atom. The fraction of sp³-hybridized carbons (Fsp3) is 0.533. The number of carbonyl (C=O) groups excluding carboxylic acids is 1. The lowest BCUT2D eigenvalue weighted by Gasteiger charge is -2.22. The van der Waals surface area contributed by atoms with Gasteiger partial charge in [0.25, 0.3) is 0 Å². The third-order valence-electron chi connectivity index (χ3n) is 3.27. The highest BCUT2D eigenvalue weighted by Crippen LogP contribution is 2.14. The van der Waals surface area contributed by atoms with Crippen LogP contribution in [0.3, 0.4) is 0 Å². The molecule has 116 valence electrons. The lowest BCUT2D eigenvalue weighted by Crippen LogP contribution is -2.26. The van der Waals surface area contributed by atoms with Gasteiger partial charge in [-0.3, -0.25) is 0 Å². The van der Waals surface area contributed by atoms with Crippen LogP contribution in [0.2, 0.25) is 0 Å². The summed E-state index contributed by atoms with van der Waals surface area (Å²) in [5.41, 5.74) is 0.952. The molecular formula is C15H20O5S. The van der Waals surface area contributed by atoms with E-state index in [1.54, 1.807) is 24.3 Å². The van der Waals surface area contributed by atoms with Crippen molar-refractivity contribution >= 4 is 15.8 Å². The molecule has 1 aromatic rings. The van der Waals surface area contributed by atoms with Crippen LogP contribution in [0.15, 0.2) is 24.3 Å². The van der Waals surface area contributed by atoms with Crippen molar-refractivity contribution in [1.29, 1.82) is 0 Å². The molecule has 1 aromatic carbocycles. The van der Waals surface area contributed by atoms with E-state index < -0.39 is 15.8 Å². The lowest BCUT2D eigenvalue weighted by molar-refractivity contribution is -0.0300. The summed E-state index contributed by atoms with van der Waals surface area (Å²) >= 11 is 0. The van der Waals surface area contributed by atoms with E-state index in [1.807, 2.05) is 0 Å². The Morgan fingerprint density at radius 2 is 2.19 bits per heavy atom. The second-order valence-corrected chi connectivity index (χ2v) is 7.50. The number of ether oxygens (including phenoxy) is 2. The van der Waals surface area contributed by atoms with Crippen molar-refractivity contribution in [2.45, 2.75) is 31.1 Å². The Morgan fingerprint density at radius 1 is 1.38 bits per heavy atom. The number of hydrogen-bond acceptors (Lipinski definition) is 5. The first kappa shape index (κ1) is 16.0. The van der Waals surface area contributed by atoms with Gasteiger partial charge < -0.3 is 9.47 Å². The van der Waals surface area contributed by atoms with E-state index in [-0.39, 0.29) is 18.5 Å². The topological polar surface area (TPSA) is 69.7 Å². The highest BCUT2D eigenvalue weighted by Gasteiger charge is 2.17. The normalized spacial score (nSPS) is 19.2. The molecule has 2 rings (SSSR count). The lowest BCUT2D eigenvalue weighted by atomic mass is 10.1. The van der Waals surface area contributed by atoms with Crippen molar-refractivity contribution in [3.05, 3.63) is 35.4 Å². The SMILES string of the molecule is CS(=O)(=O)Cc1cccc(C(=O)OC[C@@H]2CCCCO2)c1. The van der Waals surface area contributed by atoms with Gasteiger partial charge in [-0.1, -0.05) is 12.1 Å². The molecule has 1 aliphatic heterocycles. The van der Waals surface area contributed by atoms with Crippen molar-refractivity contribution in [2.24, 2.45) is 0 Å². The van der Waals surface area contributed by atoms with Crippen LogP contribution < -0.4 is 0 Å². The van der Waals surface area contributed by atoms with Crippen LogP contribution in [-0.4, -0.2) is 40.0 Å². The summed E-state index contributed by atoms with van der Waals surface area (Å²) in [4.78, 5) is 12.0. The minimum absolute atomic E-state index is 0.0260. The molecule has 6 heteroatoms. The van der Waals surface area contributed by atoms with Crippen LogP contribution in [0.5, 0.6) is 0 Å². The smallest absolute Gasteiger partial charge is 0.338 e.